The van der Waals surface area contributed by atoms with Crippen molar-refractivity contribution >= 4 is 6.09 Å². The van der Waals surface area contributed by atoms with Gasteiger partial charge in [0.25, 0.3) is 0 Å². The van der Waals surface area contributed by atoms with Gasteiger partial charge in [-0.05, 0) is 19.4 Å². The van der Waals surface area contributed by atoms with E-state index in [2.05, 4.69) is 5.32 Å². The lowest BCUT2D eigenvalue weighted by Gasteiger charge is -2.19. The maximum absolute atomic E-state index is 11.2. The van der Waals surface area contributed by atoms with E-state index < -0.39 is 11.8 Å². The zero-order chi connectivity index (χ0) is 11.3. The van der Waals surface area contributed by atoms with Crippen LogP contribution >= 0.6 is 0 Å². The van der Waals surface area contributed by atoms with E-state index in [-0.39, 0.29) is 6.61 Å². The number of hydrogen-bond acceptors (Lipinski definition) is 3. The molecule has 0 bridgehead atoms. The molecular weight excluding hydrogens is 192 g/mol. The van der Waals surface area contributed by atoms with Gasteiger partial charge in [0, 0.05) is 0 Å². The van der Waals surface area contributed by atoms with Gasteiger partial charge in [0.1, 0.15) is 6.61 Å². The number of carbonyl (C=O) groups excluding carboxylic acids is 1. The molecule has 0 radical (unpaired) electrons. The zero-order valence-electron chi connectivity index (χ0n) is 8.99. The van der Waals surface area contributed by atoms with E-state index in [4.69, 9.17) is 10.5 Å². The molecule has 15 heavy (non-hydrogen) atoms. The first-order valence-electron chi connectivity index (χ1n) is 4.75. The molecule has 1 amide bonds. The van der Waals surface area contributed by atoms with Crippen LogP contribution in [0, 0.1) is 0 Å². The van der Waals surface area contributed by atoms with Crippen LogP contribution in [-0.4, -0.2) is 11.8 Å². The summed E-state index contributed by atoms with van der Waals surface area (Å²) in [4.78, 5) is 11.2. The highest BCUT2D eigenvalue weighted by atomic mass is 16.5. The van der Waals surface area contributed by atoms with Crippen molar-refractivity contribution in [3.63, 3.8) is 0 Å². The van der Waals surface area contributed by atoms with E-state index >= 15 is 0 Å². The van der Waals surface area contributed by atoms with E-state index in [1.165, 1.54) is 0 Å². The summed E-state index contributed by atoms with van der Waals surface area (Å²) in [6.07, 6.45) is -0.508. The Hall–Kier alpha value is -1.55. The molecule has 0 saturated carbocycles. The lowest BCUT2D eigenvalue weighted by atomic mass is 10.2. The molecule has 0 spiro atoms. The van der Waals surface area contributed by atoms with Gasteiger partial charge >= 0.3 is 6.09 Å². The number of benzene rings is 1. The highest BCUT2D eigenvalue weighted by Crippen LogP contribution is 2.01. The molecule has 0 aromatic heterocycles. The van der Waals surface area contributed by atoms with Crippen molar-refractivity contribution in [2.24, 2.45) is 5.73 Å². The second-order valence-corrected chi connectivity index (χ2v) is 3.91. The summed E-state index contributed by atoms with van der Waals surface area (Å²) < 4.78 is 4.97. The van der Waals surface area contributed by atoms with E-state index in [0.29, 0.717) is 0 Å². The number of nitrogens with two attached hydrogens (primary N) is 1. The molecular formula is C11H16N2O2. The van der Waals surface area contributed by atoms with Crippen LogP contribution in [0.5, 0.6) is 0 Å². The molecule has 1 aromatic carbocycles. The lowest BCUT2D eigenvalue weighted by molar-refractivity contribution is 0.130. The Morgan fingerprint density at radius 2 is 2.00 bits per heavy atom. The van der Waals surface area contributed by atoms with E-state index in [9.17, 15) is 4.79 Å². The van der Waals surface area contributed by atoms with E-state index in [1.807, 2.05) is 30.3 Å². The highest BCUT2D eigenvalue weighted by Gasteiger charge is 2.14. The lowest BCUT2D eigenvalue weighted by Crippen LogP contribution is -2.50. The van der Waals surface area contributed by atoms with Crippen LogP contribution in [-0.2, 0) is 11.3 Å². The molecule has 0 saturated heterocycles. The fraction of sp³-hybridized carbons (Fsp3) is 0.364. The maximum atomic E-state index is 11.2. The Bertz CT molecular complexity index is 317. The number of nitrogens with one attached hydrogen (secondary N) is 1. The molecule has 4 heteroatoms. The van der Waals surface area contributed by atoms with E-state index in [1.54, 1.807) is 13.8 Å². The minimum atomic E-state index is -0.756. The van der Waals surface area contributed by atoms with Gasteiger partial charge in [-0.15, -0.1) is 0 Å². The molecule has 0 atom stereocenters. The molecule has 82 valence electrons. The Morgan fingerprint density at radius 1 is 1.40 bits per heavy atom. The van der Waals surface area contributed by atoms with Crippen molar-refractivity contribution < 1.29 is 9.53 Å². The van der Waals surface area contributed by atoms with Crippen LogP contribution < -0.4 is 11.1 Å². The molecule has 0 aliphatic heterocycles. The SMILES string of the molecule is CC(C)(N)NC(=O)OCc1ccccc1. The van der Waals surface area contributed by atoms with E-state index in [0.717, 1.165) is 5.56 Å². The smallest absolute Gasteiger partial charge is 0.408 e. The largest absolute Gasteiger partial charge is 0.445 e. The standard InChI is InChI=1S/C11H16N2O2/c1-11(2,12)13-10(14)15-8-9-6-4-3-5-7-9/h3-7H,8,12H2,1-2H3,(H,13,14). The average molecular weight is 208 g/mol. The minimum absolute atomic E-state index is 0.253. The third-order valence-corrected chi connectivity index (χ3v) is 1.64. The van der Waals surface area contributed by atoms with Crippen LogP contribution in [0.15, 0.2) is 30.3 Å². The number of ether oxygens (including phenoxy) is 1. The molecule has 0 aliphatic rings. The summed E-state index contributed by atoms with van der Waals surface area (Å²) in [6.45, 7) is 3.64. The van der Waals surface area contributed by atoms with Gasteiger partial charge in [-0.25, -0.2) is 4.79 Å². The first-order valence-corrected chi connectivity index (χ1v) is 4.75. The fourth-order valence-electron chi connectivity index (χ4n) is 1.02. The highest BCUT2D eigenvalue weighted by molar-refractivity contribution is 5.68. The molecule has 3 N–H and O–H groups in total. The molecule has 1 aromatic rings. The first kappa shape index (κ1) is 11.5. The first-order chi connectivity index (χ1) is 6.97. The van der Waals surface area contributed by atoms with Gasteiger partial charge in [0.2, 0.25) is 0 Å². The Labute approximate surface area is 89.4 Å². The third-order valence-electron chi connectivity index (χ3n) is 1.64. The van der Waals surface area contributed by atoms with Crippen molar-refractivity contribution in [2.75, 3.05) is 0 Å². The second kappa shape index (κ2) is 4.79. The Morgan fingerprint density at radius 3 is 2.53 bits per heavy atom. The number of amides is 1. The van der Waals surface area contributed by atoms with Crippen molar-refractivity contribution in [1.82, 2.24) is 5.32 Å². The fourth-order valence-corrected chi connectivity index (χ4v) is 1.02. The van der Waals surface area contributed by atoms with Crippen molar-refractivity contribution in [1.29, 1.82) is 0 Å². The monoisotopic (exact) mass is 208 g/mol. The van der Waals surface area contributed by atoms with Crippen LogP contribution in [0.4, 0.5) is 4.79 Å². The molecule has 1 rings (SSSR count). The Balaban J connectivity index is 2.35. The molecule has 0 aliphatic carbocycles. The van der Waals surface area contributed by atoms with Crippen LogP contribution in [0.25, 0.3) is 0 Å². The molecule has 0 heterocycles. The molecule has 0 unspecified atom stereocenters. The zero-order valence-corrected chi connectivity index (χ0v) is 8.99. The van der Waals surface area contributed by atoms with Crippen molar-refractivity contribution in [3.05, 3.63) is 35.9 Å². The predicted octanol–water partition coefficient (Wildman–Crippen LogP) is 1.61. The van der Waals surface area contributed by atoms with Crippen LogP contribution in [0.1, 0.15) is 19.4 Å². The van der Waals surface area contributed by atoms with Crippen LogP contribution in [0.2, 0.25) is 0 Å². The molecule has 0 fully saturated rings. The van der Waals surface area contributed by atoms with Gasteiger partial charge in [-0.2, -0.15) is 0 Å². The second-order valence-electron chi connectivity index (χ2n) is 3.91. The topological polar surface area (TPSA) is 64.3 Å². The summed E-state index contributed by atoms with van der Waals surface area (Å²) >= 11 is 0. The van der Waals surface area contributed by atoms with Crippen molar-refractivity contribution in [3.8, 4) is 0 Å². The summed E-state index contributed by atoms with van der Waals surface area (Å²) in [5, 5.41) is 2.51. The predicted molar refractivity (Wildman–Crippen MR) is 58.0 cm³/mol. The number of hydrogen-bond donors (Lipinski definition) is 2. The number of carbonyl (C=O) groups is 1. The summed E-state index contributed by atoms with van der Waals surface area (Å²) in [7, 11) is 0. The third kappa shape index (κ3) is 5.02. The van der Waals surface area contributed by atoms with Crippen molar-refractivity contribution in [2.45, 2.75) is 26.1 Å². The van der Waals surface area contributed by atoms with Crippen LogP contribution in [0.3, 0.4) is 0 Å². The van der Waals surface area contributed by atoms with Gasteiger partial charge in [0.15, 0.2) is 0 Å². The number of alkyl carbamates (subject to hydrolysis) is 1. The van der Waals surface area contributed by atoms with Gasteiger partial charge in [0.05, 0.1) is 5.66 Å². The number of rotatable bonds is 3. The maximum Gasteiger partial charge on any atom is 0.408 e. The summed E-state index contributed by atoms with van der Waals surface area (Å²) in [5.41, 5.74) is 5.78. The average Bonchev–Trinajstić information content (AvgIpc) is 2.14. The van der Waals surface area contributed by atoms with Gasteiger partial charge < -0.3 is 15.8 Å². The minimum Gasteiger partial charge on any atom is -0.445 e. The molecule has 4 nitrogen and oxygen atoms in total. The quantitative estimate of drug-likeness (QED) is 0.742. The Kier molecular flexibility index (Phi) is 3.68. The summed E-state index contributed by atoms with van der Waals surface area (Å²) in [5.74, 6) is 0. The summed E-state index contributed by atoms with van der Waals surface area (Å²) in [6, 6.07) is 9.47. The van der Waals surface area contributed by atoms with Gasteiger partial charge in [-0.1, -0.05) is 30.3 Å². The normalized spacial score (nSPS) is 10.9. The van der Waals surface area contributed by atoms with Gasteiger partial charge in [-0.3, -0.25) is 0 Å².